The van der Waals surface area contributed by atoms with Crippen molar-refractivity contribution < 1.29 is 18.0 Å². The first-order chi connectivity index (χ1) is 17.1. The lowest BCUT2D eigenvalue weighted by atomic mass is 10.0. The average molecular weight is 499 g/mol. The third-order valence-corrected chi connectivity index (χ3v) is 6.57. The monoisotopic (exact) mass is 498 g/mol. The molecule has 0 saturated carbocycles. The quantitative estimate of drug-likeness (QED) is 0.460. The Hall–Kier alpha value is -3.80. The molecule has 0 aromatic carbocycles. The molecule has 0 bridgehead atoms. The van der Waals surface area contributed by atoms with Gasteiger partial charge < -0.3 is 15.2 Å². The van der Waals surface area contributed by atoms with Crippen LogP contribution in [0.2, 0.25) is 0 Å². The lowest BCUT2D eigenvalue weighted by molar-refractivity contribution is -0.137. The van der Waals surface area contributed by atoms with Crippen molar-refractivity contribution in [1.29, 1.82) is 0 Å². The second-order valence-electron chi connectivity index (χ2n) is 9.16. The van der Waals surface area contributed by atoms with E-state index in [9.17, 15) is 18.0 Å². The second-order valence-corrected chi connectivity index (χ2v) is 9.16. The van der Waals surface area contributed by atoms with E-state index in [-0.39, 0.29) is 17.5 Å². The van der Waals surface area contributed by atoms with Gasteiger partial charge in [0.2, 0.25) is 5.91 Å². The maximum absolute atomic E-state index is 13.4. The fraction of sp³-hybridized carbons (Fsp3) is 0.375. The standard InChI is InChI=1S/C24H25F3N8O/c1-33(2)20(36)12-34-7-5-15(6-8-34)35-13-31-19-11-29-18-4-3-17(32-21(18)22(19)35)14-9-16(24(25,26)27)23(28)30-10-14/h3-4,9-11,13,15H,5-8,12H2,1-2H3,(H2,28,30). The van der Waals surface area contributed by atoms with E-state index in [1.165, 1.54) is 6.20 Å². The van der Waals surface area contributed by atoms with E-state index in [2.05, 4.69) is 24.4 Å². The zero-order chi connectivity index (χ0) is 25.6. The fourth-order valence-electron chi connectivity index (χ4n) is 4.54. The molecule has 0 atom stereocenters. The van der Waals surface area contributed by atoms with Gasteiger partial charge in [0.05, 0.1) is 41.4 Å². The number of hydrogen-bond donors (Lipinski definition) is 1. The average Bonchev–Trinajstić information content (AvgIpc) is 3.28. The lowest BCUT2D eigenvalue weighted by Crippen LogP contribution is -2.41. The van der Waals surface area contributed by atoms with Gasteiger partial charge in [-0.15, -0.1) is 0 Å². The van der Waals surface area contributed by atoms with Gasteiger partial charge in [-0.2, -0.15) is 13.2 Å². The number of alkyl halides is 3. The molecule has 5 heterocycles. The molecule has 0 unspecified atom stereocenters. The zero-order valence-corrected chi connectivity index (χ0v) is 19.8. The van der Waals surface area contributed by atoms with Gasteiger partial charge in [0.25, 0.3) is 0 Å². The van der Waals surface area contributed by atoms with E-state index in [0.29, 0.717) is 28.8 Å². The third-order valence-electron chi connectivity index (χ3n) is 6.57. The molecule has 0 radical (unpaired) electrons. The first-order valence-corrected chi connectivity index (χ1v) is 11.5. The summed E-state index contributed by atoms with van der Waals surface area (Å²) in [5.74, 6) is -0.506. The molecule has 1 saturated heterocycles. The number of piperidine rings is 1. The summed E-state index contributed by atoms with van der Waals surface area (Å²) < 4.78 is 42.2. The van der Waals surface area contributed by atoms with Crippen molar-refractivity contribution in [2.75, 3.05) is 39.5 Å². The maximum Gasteiger partial charge on any atom is 0.419 e. The summed E-state index contributed by atoms with van der Waals surface area (Å²) in [6, 6.07) is 4.46. The van der Waals surface area contributed by atoms with Crippen LogP contribution in [0.5, 0.6) is 0 Å². The predicted octanol–water partition coefficient (Wildman–Crippen LogP) is 3.37. The van der Waals surface area contributed by atoms with E-state index in [1.807, 2.05) is 0 Å². The zero-order valence-electron chi connectivity index (χ0n) is 19.8. The Bertz CT molecular complexity index is 1440. The molecule has 5 rings (SSSR count). The molecule has 188 valence electrons. The summed E-state index contributed by atoms with van der Waals surface area (Å²) in [4.78, 5) is 33.2. The molecule has 1 fully saturated rings. The lowest BCUT2D eigenvalue weighted by Gasteiger charge is -2.33. The number of imidazole rings is 1. The number of nitrogen functional groups attached to an aromatic ring is 1. The molecule has 4 aromatic heterocycles. The number of pyridine rings is 3. The Kier molecular flexibility index (Phi) is 5.99. The highest BCUT2D eigenvalue weighted by Gasteiger charge is 2.34. The number of halogens is 3. The molecule has 0 spiro atoms. The molecule has 0 aliphatic carbocycles. The first kappa shape index (κ1) is 23.9. The number of hydrogen-bond acceptors (Lipinski definition) is 7. The maximum atomic E-state index is 13.4. The summed E-state index contributed by atoms with van der Waals surface area (Å²) >= 11 is 0. The van der Waals surface area contributed by atoms with Crippen molar-refractivity contribution in [3.63, 3.8) is 0 Å². The van der Waals surface area contributed by atoms with Gasteiger partial charge >= 0.3 is 6.18 Å². The van der Waals surface area contributed by atoms with Crippen LogP contribution in [-0.2, 0) is 11.0 Å². The summed E-state index contributed by atoms with van der Waals surface area (Å²) in [6.45, 7) is 1.92. The van der Waals surface area contributed by atoms with Crippen LogP contribution >= 0.6 is 0 Å². The van der Waals surface area contributed by atoms with Crippen LogP contribution in [0.4, 0.5) is 19.0 Å². The molecule has 4 aromatic rings. The number of nitrogens with two attached hydrogens (primary N) is 1. The normalized spacial score (nSPS) is 15.6. The van der Waals surface area contributed by atoms with Crippen LogP contribution in [-0.4, -0.2) is 73.9 Å². The molecule has 1 amide bonds. The number of likely N-dealkylation sites (tertiary alicyclic amines) is 1. The topological polar surface area (TPSA) is 106 Å². The smallest absolute Gasteiger partial charge is 0.383 e. The van der Waals surface area contributed by atoms with Crippen molar-refractivity contribution in [3.8, 4) is 11.3 Å². The van der Waals surface area contributed by atoms with E-state index >= 15 is 0 Å². The van der Waals surface area contributed by atoms with Crippen molar-refractivity contribution in [2.45, 2.75) is 25.1 Å². The summed E-state index contributed by atoms with van der Waals surface area (Å²) in [5.41, 5.74) is 7.61. The number of carbonyl (C=O) groups excluding carboxylic acids is 1. The number of aromatic nitrogens is 5. The van der Waals surface area contributed by atoms with Crippen LogP contribution < -0.4 is 5.73 Å². The van der Waals surface area contributed by atoms with Crippen LogP contribution in [0.1, 0.15) is 24.4 Å². The number of fused-ring (bicyclic) bond motifs is 3. The summed E-state index contributed by atoms with van der Waals surface area (Å²) in [6.07, 6.45) is 1.75. The highest BCUT2D eigenvalue weighted by molar-refractivity contribution is 6.00. The Morgan fingerprint density at radius 3 is 2.56 bits per heavy atom. The molecule has 9 nitrogen and oxygen atoms in total. The van der Waals surface area contributed by atoms with E-state index in [1.54, 1.807) is 43.7 Å². The fourth-order valence-corrected chi connectivity index (χ4v) is 4.54. The Labute approximate surface area is 204 Å². The van der Waals surface area contributed by atoms with Crippen LogP contribution in [0, 0.1) is 0 Å². The summed E-state index contributed by atoms with van der Waals surface area (Å²) in [7, 11) is 3.50. The molecule has 2 N–H and O–H groups in total. The van der Waals surface area contributed by atoms with E-state index in [0.717, 1.165) is 37.5 Å². The number of anilines is 1. The minimum absolute atomic E-state index is 0.0705. The van der Waals surface area contributed by atoms with E-state index in [4.69, 9.17) is 10.7 Å². The number of amides is 1. The molecule has 12 heteroatoms. The number of carbonyl (C=O) groups is 1. The van der Waals surface area contributed by atoms with Crippen molar-refractivity contribution in [1.82, 2.24) is 34.3 Å². The van der Waals surface area contributed by atoms with Gasteiger partial charge in [-0.3, -0.25) is 14.7 Å². The van der Waals surface area contributed by atoms with Crippen LogP contribution in [0.3, 0.4) is 0 Å². The second kappa shape index (κ2) is 9.01. The van der Waals surface area contributed by atoms with Gasteiger partial charge in [0.15, 0.2) is 0 Å². The van der Waals surface area contributed by atoms with E-state index < -0.39 is 17.6 Å². The molecular weight excluding hydrogens is 473 g/mol. The summed E-state index contributed by atoms with van der Waals surface area (Å²) in [5, 5.41) is 0. The molecule has 1 aliphatic heterocycles. The van der Waals surface area contributed by atoms with Crippen molar-refractivity contribution >= 4 is 33.8 Å². The molecule has 36 heavy (non-hydrogen) atoms. The first-order valence-electron chi connectivity index (χ1n) is 11.5. The van der Waals surface area contributed by atoms with Gasteiger partial charge in [0.1, 0.15) is 16.9 Å². The highest BCUT2D eigenvalue weighted by Crippen LogP contribution is 2.36. The Morgan fingerprint density at radius 1 is 1.11 bits per heavy atom. The number of nitrogens with zero attached hydrogens (tertiary/aromatic N) is 7. The number of rotatable bonds is 4. The van der Waals surface area contributed by atoms with Crippen molar-refractivity contribution in [2.24, 2.45) is 0 Å². The Morgan fingerprint density at radius 2 is 1.86 bits per heavy atom. The minimum atomic E-state index is -4.62. The third kappa shape index (κ3) is 4.43. The SMILES string of the molecule is CN(C)C(=O)CN1CCC(n2cnc3cnc4ccc(-c5cnc(N)c(C(F)(F)F)c5)nc4c32)CC1. The van der Waals surface area contributed by atoms with Gasteiger partial charge in [-0.05, 0) is 31.0 Å². The van der Waals surface area contributed by atoms with Crippen LogP contribution in [0.15, 0.2) is 36.9 Å². The minimum Gasteiger partial charge on any atom is -0.383 e. The van der Waals surface area contributed by atoms with Gasteiger partial charge in [-0.1, -0.05) is 0 Å². The molecular formula is C24H25F3N8O. The largest absolute Gasteiger partial charge is 0.419 e. The number of likely N-dealkylation sites (N-methyl/N-ethyl adjacent to an activating group) is 1. The van der Waals surface area contributed by atoms with Gasteiger partial charge in [-0.25, -0.2) is 15.0 Å². The van der Waals surface area contributed by atoms with Gasteiger partial charge in [0, 0.05) is 45.0 Å². The highest BCUT2D eigenvalue weighted by atomic mass is 19.4. The Balaban J connectivity index is 1.50. The molecule has 1 aliphatic rings. The predicted molar refractivity (Wildman–Crippen MR) is 129 cm³/mol. The van der Waals surface area contributed by atoms with Crippen LogP contribution in [0.25, 0.3) is 33.3 Å². The van der Waals surface area contributed by atoms with Crippen molar-refractivity contribution in [3.05, 3.63) is 42.5 Å².